The van der Waals surface area contributed by atoms with Gasteiger partial charge in [0, 0.05) is 26.2 Å². The number of ether oxygens (including phenoxy) is 1. The van der Waals surface area contributed by atoms with Crippen LogP contribution in [0.3, 0.4) is 0 Å². The predicted molar refractivity (Wildman–Crippen MR) is 60.6 cm³/mol. The van der Waals surface area contributed by atoms with E-state index >= 15 is 0 Å². The standard InChI is InChI=1S/C11H20N4O/c1-13-11(10-12)2-4-14(5-3-11)15-6-8-16-9-7-15/h13H,2-9H2,1H3. The van der Waals surface area contributed by atoms with Crippen LogP contribution in [0.4, 0.5) is 0 Å². The molecule has 0 atom stereocenters. The monoisotopic (exact) mass is 224 g/mol. The second-order valence-corrected chi connectivity index (χ2v) is 4.46. The molecule has 16 heavy (non-hydrogen) atoms. The second-order valence-electron chi connectivity index (χ2n) is 4.46. The Morgan fingerprint density at radius 3 is 2.19 bits per heavy atom. The lowest BCUT2D eigenvalue weighted by molar-refractivity contribution is -0.104. The normalized spacial score (nSPS) is 27.5. The van der Waals surface area contributed by atoms with Crippen LogP contribution in [-0.2, 0) is 4.74 Å². The number of hydrazine groups is 1. The highest BCUT2D eigenvalue weighted by Crippen LogP contribution is 2.22. The first-order valence-corrected chi connectivity index (χ1v) is 5.97. The molecule has 2 saturated heterocycles. The van der Waals surface area contributed by atoms with E-state index in [2.05, 4.69) is 21.4 Å². The maximum atomic E-state index is 9.17. The van der Waals surface area contributed by atoms with Gasteiger partial charge in [0.25, 0.3) is 0 Å². The van der Waals surface area contributed by atoms with Crippen LogP contribution >= 0.6 is 0 Å². The number of rotatable bonds is 2. The molecule has 0 aromatic rings. The minimum absolute atomic E-state index is 0.303. The number of nitriles is 1. The van der Waals surface area contributed by atoms with Gasteiger partial charge in [-0.15, -0.1) is 0 Å². The van der Waals surface area contributed by atoms with Crippen LogP contribution in [0.1, 0.15) is 12.8 Å². The maximum Gasteiger partial charge on any atom is 0.109 e. The molecule has 5 heteroatoms. The summed E-state index contributed by atoms with van der Waals surface area (Å²) in [7, 11) is 1.88. The Kier molecular flexibility index (Phi) is 3.77. The molecule has 0 spiro atoms. The molecule has 0 unspecified atom stereocenters. The summed E-state index contributed by atoms with van der Waals surface area (Å²) in [4.78, 5) is 0. The van der Waals surface area contributed by atoms with Crippen LogP contribution in [0, 0.1) is 11.3 Å². The van der Waals surface area contributed by atoms with Crippen molar-refractivity contribution in [3.05, 3.63) is 0 Å². The molecule has 0 amide bonds. The molecule has 2 fully saturated rings. The van der Waals surface area contributed by atoms with E-state index in [0.29, 0.717) is 0 Å². The number of hydrogen-bond acceptors (Lipinski definition) is 5. The molecule has 2 aliphatic heterocycles. The van der Waals surface area contributed by atoms with Gasteiger partial charge in [0.1, 0.15) is 5.54 Å². The third-order valence-electron chi connectivity index (χ3n) is 3.67. The molecule has 2 rings (SSSR count). The van der Waals surface area contributed by atoms with Crippen LogP contribution < -0.4 is 5.32 Å². The highest BCUT2D eigenvalue weighted by molar-refractivity contribution is 5.08. The Bertz CT molecular complexity index is 262. The van der Waals surface area contributed by atoms with Gasteiger partial charge in [-0.05, 0) is 19.9 Å². The minimum atomic E-state index is -0.303. The second kappa shape index (κ2) is 5.11. The number of morpholine rings is 1. The molecule has 0 aromatic carbocycles. The zero-order valence-electron chi connectivity index (χ0n) is 9.91. The highest BCUT2D eigenvalue weighted by atomic mass is 16.5. The van der Waals surface area contributed by atoms with E-state index in [1.165, 1.54) is 0 Å². The smallest absolute Gasteiger partial charge is 0.109 e. The molecule has 90 valence electrons. The lowest BCUT2D eigenvalue weighted by Gasteiger charge is -2.43. The Morgan fingerprint density at radius 2 is 1.69 bits per heavy atom. The van der Waals surface area contributed by atoms with E-state index in [1.807, 2.05) is 7.05 Å². The van der Waals surface area contributed by atoms with Crippen molar-refractivity contribution >= 4 is 0 Å². The molecule has 0 aromatic heterocycles. The molecule has 1 N–H and O–H groups in total. The Labute approximate surface area is 96.9 Å². The number of nitrogens with zero attached hydrogens (tertiary/aromatic N) is 3. The van der Waals surface area contributed by atoms with Gasteiger partial charge in [0.05, 0.1) is 19.3 Å². The summed E-state index contributed by atoms with van der Waals surface area (Å²) >= 11 is 0. The van der Waals surface area contributed by atoms with Gasteiger partial charge in [0.2, 0.25) is 0 Å². The van der Waals surface area contributed by atoms with Crippen molar-refractivity contribution in [2.75, 3.05) is 46.4 Å². The number of hydrogen-bond donors (Lipinski definition) is 1. The SMILES string of the molecule is CNC1(C#N)CCN(N2CCOCC2)CC1. The Balaban J connectivity index is 1.87. The van der Waals surface area contributed by atoms with Gasteiger partial charge in [-0.25, -0.2) is 10.0 Å². The highest BCUT2D eigenvalue weighted by Gasteiger charge is 2.34. The molecular weight excluding hydrogens is 204 g/mol. The molecule has 0 aliphatic carbocycles. The van der Waals surface area contributed by atoms with Crippen molar-refractivity contribution in [1.29, 1.82) is 5.26 Å². The van der Waals surface area contributed by atoms with E-state index in [0.717, 1.165) is 52.2 Å². The summed E-state index contributed by atoms with van der Waals surface area (Å²) in [6.07, 6.45) is 1.80. The van der Waals surface area contributed by atoms with Crippen LogP contribution in [0.25, 0.3) is 0 Å². The van der Waals surface area contributed by atoms with Gasteiger partial charge in [-0.2, -0.15) is 5.26 Å². The summed E-state index contributed by atoms with van der Waals surface area (Å²) in [5.74, 6) is 0. The van der Waals surface area contributed by atoms with Gasteiger partial charge in [-0.3, -0.25) is 0 Å². The van der Waals surface area contributed by atoms with Crippen LogP contribution in [0.15, 0.2) is 0 Å². The lowest BCUT2D eigenvalue weighted by atomic mass is 9.90. The van der Waals surface area contributed by atoms with Crippen molar-refractivity contribution in [3.63, 3.8) is 0 Å². The van der Waals surface area contributed by atoms with E-state index in [1.54, 1.807) is 0 Å². The Hall–Kier alpha value is -0.670. The predicted octanol–water partition coefficient (Wildman–Crippen LogP) is -0.189. The number of nitrogens with one attached hydrogen (secondary N) is 1. The van der Waals surface area contributed by atoms with Gasteiger partial charge in [0.15, 0.2) is 0 Å². The maximum absolute atomic E-state index is 9.17. The average molecular weight is 224 g/mol. The third kappa shape index (κ3) is 2.36. The largest absolute Gasteiger partial charge is 0.379 e. The first-order valence-electron chi connectivity index (χ1n) is 5.97. The van der Waals surface area contributed by atoms with Crippen LogP contribution in [-0.4, -0.2) is 62.0 Å². The fourth-order valence-electron chi connectivity index (χ4n) is 2.41. The molecular formula is C11H20N4O. The Morgan fingerprint density at radius 1 is 1.12 bits per heavy atom. The summed E-state index contributed by atoms with van der Waals surface area (Å²) in [6.45, 7) is 5.55. The quantitative estimate of drug-likeness (QED) is 0.704. The summed E-state index contributed by atoms with van der Waals surface area (Å²) in [5.41, 5.74) is -0.303. The fourth-order valence-corrected chi connectivity index (χ4v) is 2.41. The topological polar surface area (TPSA) is 51.5 Å². The first-order chi connectivity index (χ1) is 7.79. The van der Waals surface area contributed by atoms with Crippen molar-refractivity contribution in [1.82, 2.24) is 15.3 Å². The van der Waals surface area contributed by atoms with Gasteiger partial charge >= 0.3 is 0 Å². The summed E-state index contributed by atoms with van der Waals surface area (Å²) in [6, 6.07) is 2.41. The van der Waals surface area contributed by atoms with Crippen molar-refractivity contribution in [3.8, 4) is 6.07 Å². The summed E-state index contributed by atoms with van der Waals surface area (Å²) in [5, 5.41) is 17.1. The van der Waals surface area contributed by atoms with E-state index in [4.69, 9.17) is 4.74 Å². The van der Waals surface area contributed by atoms with E-state index in [9.17, 15) is 5.26 Å². The molecule has 2 heterocycles. The lowest BCUT2D eigenvalue weighted by Crippen LogP contribution is -2.57. The molecule has 0 radical (unpaired) electrons. The zero-order chi connectivity index (χ0) is 11.4. The first kappa shape index (κ1) is 11.8. The average Bonchev–Trinajstić information content (AvgIpc) is 2.40. The van der Waals surface area contributed by atoms with Crippen molar-refractivity contribution in [2.45, 2.75) is 18.4 Å². The van der Waals surface area contributed by atoms with Gasteiger partial charge < -0.3 is 10.1 Å². The van der Waals surface area contributed by atoms with Gasteiger partial charge in [-0.1, -0.05) is 0 Å². The van der Waals surface area contributed by atoms with Crippen molar-refractivity contribution in [2.24, 2.45) is 0 Å². The van der Waals surface area contributed by atoms with Crippen LogP contribution in [0.5, 0.6) is 0 Å². The molecule has 5 nitrogen and oxygen atoms in total. The summed E-state index contributed by atoms with van der Waals surface area (Å²) < 4.78 is 5.34. The third-order valence-corrected chi connectivity index (χ3v) is 3.67. The molecule has 0 bridgehead atoms. The minimum Gasteiger partial charge on any atom is -0.379 e. The number of piperidine rings is 1. The van der Waals surface area contributed by atoms with E-state index < -0.39 is 0 Å². The molecule has 0 saturated carbocycles. The molecule has 2 aliphatic rings. The van der Waals surface area contributed by atoms with Crippen molar-refractivity contribution < 1.29 is 4.74 Å². The zero-order valence-corrected chi connectivity index (χ0v) is 9.91. The van der Waals surface area contributed by atoms with Crippen LogP contribution in [0.2, 0.25) is 0 Å². The van der Waals surface area contributed by atoms with E-state index in [-0.39, 0.29) is 5.54 Å². The fraction of sp³-hybridized carbons (Fsp3) is 0.909.